The van der Waals surface area contributed by atoms with Gasteiger partial charge in [-0.05, 0) is 29.8 Å². The SMILES string of the molecule is O=C(CSCc1c(F)cccc1Cl)NCc1ccc(N2CCOCC2)cc1. The molecule has 2 aromatic carbocycles. The number of carbonyl (C=O) groups excluding carboxylic acids is 1. The van der Waals surface area contributed by atoms with E-state index in [1.165, 1.54) is 23.5 Å². The highest BCUT2D eigenvalue weighted by Gasteiger charge is 2.11. The van der Waals surface area contributed by atoms with Crippen LogP contribution in [0.2, 0.25) is 5.02 Å². The Morgan fingerprint density at radius 2 is 1.93 bits per heavy atom. The van der Waals surface area contributed by atoms with E-state index in [0.717, 1.165) is 31.9 Å². The van der Waals surface area contributed by atoms with Gasteiger partial charge in [0.2, 0.25) is 5.91 Å². The van der Waals surface area contributed by atoms with Crippen LogP contribution in [0, 0.1) is 5.82 Å². The zero-order valence-electron chi connectivity index (χ0n) is 14.9. The smallest absolute Gasteiger partial charge is 0.230 e. The summed E-state index contributed by atoms with van der Waals surface area (Å²) in [6, 6.07) is 12.8. The van der Waals surface area contributed by atoms with Gasteiger partial charge >= 0.3 is 0 Å². The lowest BCUT2D eigenvalue weighted by Gasteiger charge is -2.28. The second-order valence-electron chi connectivity index (χ2n) is 6.24. The summed E-state index contributed by atoms with van der Waals surface area (Å²) < 4.78 is 19.1. The number of thioether (sulfide) groups is 1. The van der Waals surface area contributed by atoms with Crippen molar-refractivity contribution in [3.05, 3.63) is 64.4 Å². The first-order valence-corrected chi connectivity index (χ1v) is 10.4. The summed E-state index contributed by atoms with van der Waals surface area (Å²) in [4.78, 5) is 14.3. The molecule has 27 heavy (non-hydrogen) atoms. The molecule has 0 unspecified atom stereocenters. The summed E-state index contributed by atoms with van der Waals surface area (Å²) in [5.74, 6) is 0.212. The van der Waals surface area contributed by atoms with Crippen LogP contribution in [-0.2, 0) is 21.8 Å². The number of morpholine rings is 1. The second-order valence-corrected chi connectivity index (χ2v) is 7.63. The number of nitrogens with zero attached hydrogens (tertiary/aromatic N) is 1. The van der Waals surface area contributed by atoms with Gasteiger partial charge in [0.1, 0.15) is 5.82 Å². The molecule has 1 fully saturated rings. The molecule has 1 heterocycles. The molecule has 0 radical (unpaired) electrons. The third-order valence-electron chi connectivity index (χ3n) is 4.34. The van der Waals surface area contributed by atoms with Crippen molar-refractivity contribution < 1.29 is 13.9 Å². The fourth-order valence-corrected chi connectivity index (χ4v) is 4.01. The second kappa shape index (κ2) is 9.97. The third-order valence-corrected chi connectivity index (χ3v) is 5.66. The van der Waals surface area contributed by atoms with E-state index in [1.54, 1.807) is 12.1 Å². The van der Waals surface area contributed by atoms with E-state index in [1.807, 2.05) is 12.1 Å². The molecular weight excluding hydrogens is 387 g/mol. The van der Waals surface area contributed by atoms with Crippen LogP contribution in [0.15, 0.2) is 42.5 Å². The minimum Gasteiger partial charge on any atom is -0.378 e. The number of ether oxygens (including phenoxy) is 1. The Hall–Kier alpha value is -1.76. The van der Waals surface area contributed by atoms with Gasteiger partial charge < -0.3 is 15.0 Å². The maximum Gasteiger partial charge on any atom is 0.230 e. The van der Waals surface area contributed by atoms with Crippen LogP contribution >= 0.6 is 23.4 Å². The van der Waals surface area contributed by atoms with Gasteiger partial charge in [0.25, 0.3) is 0 Å². The van der Waals surface area contributed by atoms with Gasteiger partial charge in [0.05, 0.1) is 19.0 Å². The zero-order valence-corrected chi connectivity index (χ0v) is 16.5. The van der Waals surface area contributed by atoms with Gasteiger partial charge in [0.15, 0.2) is 0 Å². The number of hydrogen-bond acceptors (Lipinski definition) is 4. The fourth-order valence-electron chi connectivity index (χ4n) is 2.81. The number of hydrogen-bond donors (Lipinski definition) is 1. The predicted molar refractivity (Wildman–Crippen MR) is 109 cm³/mol. The average Bonchev–Trinajstić information content (AvgIpc) is 2.70. The van der Waals surface area contributed by atoms with E-state index in [2.05, 4.69) is 22.3 Å². The molecule has 7 heteroatoms. The van der Waals surface area contributed by atoms with Gasteiger partial charge in [-0.15, -0.1) is 11.8 Å². The quantitative estimate of drug-likeness (QED) is 0.755. The topological polar surface area (TPSA) is 41.6 Å². The molecule has 0 atom stereocenters. The summed E-state index contributed by atoms with van der Waals surface area (Å²) in [7, 11) is 0. The van der Waals surface area contributed by atoms with Crippen molar-refractivity contribution in [3.63, 3.8) is 0 Å². The Morgan fingerprint density at radius 3 is 2.63 bits per heavy atom. The first-order valence-electron chi connectivity index (χ1n) is 8.82. The van der Waals surface area contributed by atoms with Crippen LogP contribution in [0.5, 0.6) is 0 Å². The van der Waals surface area contributed by atoms with Crippen molar-refractivity contribution in [2.45, 2.75) is 12.3 Å². The maximum absolute atomic E-state index is 13.7. The van der Waals surface area contributed by atoms with Crippen LogP contribution in [0.25, 0.3) is 0 Å². The number of benzene rings is 2. The summed E-state index contributed by atoms with van der Waals surface area (Å²) >= 11 is 7.33. The van der Waals surface area contributed by atoms with Crippen LogP contribution in [0.1, 0.15) is 11.1 Å². The monoisotopic (exact) mass is 408 g/mol. The number of carbonyl (C=O) groups is 1. The van der Waals surface area contributed by atoms with E-state index >= 15 is 0 Å². The standard InChI is InChI=1S/C20H22ClFN2O2S/c21-18-2-1-3-19(22)17(18)13-27-14-20(25)23-12-15-4-6-16(7-5-15)24-8-10-26-11-9-24/h1-7H,8-14H2,(H,23,25). The molecule has 0 saturated carbocycles. The summed E-state index contributed by atoms with van der Waals surface area (Å²) in [5.41, 5.74) is 2.66. The minimum absolute atomic E-state index is 0.0790. The molecule has 3 rings (SSSR count). The lowest BCUT2D eigenvalue weighted by Crippen LogP contribution is -2.36. The third kappa shape index (κ3) is 5.86. The Balaban J connectivity index is 1.41. The zero-order chi connectivity index (χ0) is 19.1. The molecule has 1 saturated heterocycles. The highest BCUT2D eigenvalue weighted by Crippen LogP contribution is 2.23. The van der Waals surface area contributed by atoms with E-state index in [-0.39, 0.29) is 17.5 Å². The van der Waals surface area contributed by atoms with Crippen LogP contribution in [-0.4, -0.2) is 38.0 Å². The maximum atomic E-state index is 13.7. The predicted octanol–water partition coefficient (Wildman–Crippen LogP) is 3.87. The van der Waals surface area contributed by atoms with Gasteiger partial charge in [-0.25, -0.2) is 4.39 Å². The van der Waals surface area contributed by atoms with Crippen LogP contribution in [0.3, 0.4) is 0 Å². The van der Waals surface area contributed by atoms with Crippen molar-refractivity contribution in [2.24, 2.45) is 0 Å². The van der Waals surface area contributed by atoms with Crippen LogP contribution in [0.4, 0.5) is 10.1 Å². The lowest BCUT2D eigenvalue weighted by atomic mass is 10.2. The van der Waals surface area contributed by atoms with Crippen molar-refractivity contribution in [1.82, 2.24) is 5.32 Å². The Labute approximate surface area is 168 Å². The van der Waals surface area contributed by atoms with Crippen molar-refractivity contribution in [1.29, 1.82) is 0 Å². The number of amides is 1. The van der Waals surface area contributed by atoms with E-state index in [0.29, 0.717) is 22.9 Å². The van der Waals surface area contributed by atoms with Gasteiger partial charge in [0, 0.05) is 41.7 Å². The molecule has 0 spiro atoms. The highest BCUT2D eigenvalue weighted by molar-refractivity contribution is 7.99. The van der Waals surface area contributed by atoms with Crippen molar-refractivity contribution >= 4 is 35.0 Å². The first kappa shape index (κ1) is 20.0. The summed E-state index contributed by atoms with van der Waals surface area (Å²) in [5, 5.41) is 3.29. The van der Waals surface area contributed by atoms with Crippen molar-refractivity contribution in [3.8, 4) is 0 Å². The Bertz CT molecular complexity index is 747. The number of anilines is 1. The van der Waals surface area contributed by atoms with E-state index in [9.17, 15) is 9.18 Å². The molecular formula is C20H22ClFN2O2S. The molecule has 144 valence electrons. The molecule has 1 aliphatic heterocycles. The lowest BCUT2D eigenvalue weighted by molar-refractivity contribution is -0.118. The van der Waals surface area contributed by atoms with E-state index < -0.39 is 0 Å². The molecule has 1 aliphatic rings. The molecule has 1 N–H and O–H groups in total. The average molecular weight is 409 g/mol. The molecule has 0 aromatic heterocycles. The Kier molecular flexibility index (Phi) is 7.38. The number of nitrogens with one attached hydrogen (secondary N) is 1. The highest BCUT2D eigenvalue weighted by atomic mass is 35.5. The fraction of sp³-hybridized carbons (Fsp3) is 0.350. The molecule has 2 aromatic rings. The van der Waals surface area contributed by atoms with Gasteiger partial charge in [-0.3, -0.25) is 4.79 Å². The van der Waals surface area contributed by atoms with Gasteiger partial charge in [-0.1, -0.05) is 29.8 Å². The minimum atomic E-state index is -0.337. The molecule has 1 amide bonds. The normalized spacial score (nSPS) is 14.2. The molecule has 0 aliphatic carbocycles. The molecule has 0 bridgehead atoms. The van der Waals surface area contributed by atoms with E-state index in [4.69, 9.17) is 16.3 Å². The Morgan fingerprint density at radius 1 is 1.19 bits per heavy atom. The van der Waals surface area contributed by atoms with Crippen molar-refractivity contribution in [2.75, 3.05) is 37.0 Å². The summed E-state index contributed by atoms with van der Waals surface area (Å²) in [6.07, 6.45) is 0. The first-order chi connectivity index (χ1) is 13.1. The molecule has 4 nitrogen and oxygen atoms in total. The van der Waals surface area contributed by atoms with Gasteiger partial charge in [-0.2, -0.15) is 0 Å². The number of halogens is 2. The van der Waals surface area contributed by atoms with Crippen LogP contribution < -0.4 is 10.2 Å². The summed E-state index contributed by atoms with van der Waals surface area (Å²) in [6.45, 7) is 3.79. The number of rotatable bonds is 7. The largest absolute Gasteiger partial charge is 0.378 e.